The molecule has 4 heteroatoms. The van der Waals surface area contributed by atoms with Crippen molar-refractivity contribution in [2.45, 2.75) is 39.2 Å². The lowest BCUT2D eigenvalue weighted by molar-refractivity contribution is 0.587. The van der Waals surface area contributed by atoms with E-state index in [0.717, 1.165) is 29.7 Å². The van der Waals surface area contributed by atoms with Crippen molar-refractivity contribution < 1.29 is 0 Å². The van der Waals surface area contributed by atoms with E-state index < -0.39 is 0 Å². The van der Waals surface area contributed by atoms with Crippen LogP contribution in [0.1, 0.15) is 37.1 Å². The molecule has 3 rings (SSSR count). The molecule has 2 heterocycles. The van der Waals surface area contributed by atoms with Crippen LogP contribution in [0.5, 0.6) is 0 Å². The van der Waals surface area contributed by atoms with Crippen LogP contribution in [0.2, 0.25) is 0 Å². The van der Waals surface area contributed by atoms with E-state index in [0.29, 0.717) is 0 Å². The third-order valence-electron chi connectivity index (χ3n) is 3.52. The van der Waals surface area contributed by atoms with Gasteiger partial charge in [-0.25, -0.2) is 4.98 Å². The Labute approximate surface area is 106 Å². The molecule has 1 fully saturated rings. The van der Waals surface area contributed by atoms with Crippen molar-refractivity contribution in [2.75, 3.05) is 6.54 Å². The van der Waals surface area contributed by atoms with Gasteiger partial charge in [0, 0.05) is 18.1 Å². The van der Waals surface area contributed by atoms with Crippen LogP contribution in [0, 0.1) is 12.8 Å². The minimum absolute atomic E-state index is 0.939. The van der Waals surface area contributed by atoms with Crippen molar-refractivity contribution in [3.63, 3.8) is 0 Å². The van der Waals surface area contributed by atoms with Crippen molar-refractivity contribution >= 4 is 16.3 Å². The highest BCUT2D eigenvalue weighted by Gasteiger charge is 2.19. The van der Waals surface area contributed by atoms with E-state index in [-0.39, 0.29) is 0 Å². The lowest BCUT2D eigenvalue weighted by atomic mass is 10.2. The minimum Gasteiger partial charge on any atom is -0.311 e. The van der Waals surface area contributed by atoms with E-state index in [4.69, 9.17) is 0 Å². The van der Waals surface area contributed by atoms with Crippen molar-refractivity contribution in [1.29, 1.82) is 0 Å². The second kappa shape index (κ2) is 4.78. The van der Waals surface area contributed by atoms with Crippen LogP contribution in [0.15, 0.2) is 11.6 Å². The van der Waals surface area contributed by atoms with Gasteiger partial charge in [0.15, 0.2) is 4.96 Å². The van der Waals surface area contributed by atoms with Crippen LogP contribution in [0.4, 0.5) is 0 Å². The highest BCUT2D eigenvalue weighted by Crippen LogP contribution is 2.33. The maximum Gasteiger partial charge on any atom is 0.194 e. The number of hydrogen-bond acceptors (Lipinski definition) is 3. The van der Waals surface area contributed by atoms with Crippen molar-refractivity contribution in [1.82, 2.24) is 14.7 Å². The molecule has 1 N–H and O–H groups in total. The quantitative estimate of drug-likeness (QED) is 0.798. The molecule has 1 aliphatic carbocycles. The largest absolute Gasteiger partial charge is 0.311 e. The zero-order chi connectivity index (χ0) is 11.7. The number of thiazole rings is 1. The molecule has 0 aromatic carbocycles. The summed E-state index contributed by atoms with van der Waals surface area (Å²) in [6.45, 7) is 4.17. The summed E-state index contributed by atoms with van der Waals surface area (Å²) in [7, 11) is 0. The molecule has 0 saturated heterocycles. The summed E-state index contributed by atoms with van der Waals surface area (Å²) in [4.78, 5) is 5.66. The highest BCUT2D eigenvalue weighted by atomic mass is 32.1. The minimum atomic E-state index is 0.939. The molecular formula is C13H19N3S. The Morgan fingerprint density at radius 2 is 2.41 bits per heavy atom. The molecule has 0 atom stereocenters. The van der Waals surface area contributed by atoms with E-state index in [1.165, 1.54) is 31.4 Å². The fraction of sp³-hybridized carbons (Fsp3) is 0.615. The number of hydrogen-bond donors (Lipinski definition) is 1. The third kappa shape index (κ3) is 2.53. The average Bonchev–Trinajstić information content (AvgIpc) is 2.95. The maximum atomic E-state index is 4.55. The van der Waals surface area contributed by atoms with E-state index >= 15 is 0 Å². The van der Waals surface area contributed by atoms with E-state index in [9.17, 15) is 0 Å². The Kier molecular flexibility index (Phi) is 3.16. The Hall–Kier alpha value is -0.870. The Morgan fingerprint density at radius 3 is 3.24 bits per heavy atom. The Balaban J connectivity index is 1.52. The third-order valence-corrected chi connectivity index (χ3v) is 4.27. The number of nitrogens with one attached hydrogen (secondary N) is 1. The number of nitrogens with zero attached hydrogens (tertiary/aromatic N) is 2. The first-order valence-corrected chi connectivity index (χ1v) is 7.34. The number of imidazole rings is 1. The molecule has 0 spiro atoms. The van der Waals surface area contributed by atoms with Crippen LogP contribution in [-0.2, 0) is 6.54 Å². The molecule has 0 aliphatic heterocycles. The molecule has 92 valence electrons. The van der Waals surface area contributed by atoms with Gasteiger partial charge in [-0.2, -0.15) is 0 Å². The van der Waals surface area contributed by atoms with Crippen LogP contribution >= 0.6 is 11.3 Å². The van der Waals surface area contributed by atoms with Crippen LogP contribution in [0.3, 0.4) is 0 Å². The van der Waals surface area contributed by atoms with Crippen molar-refractivity contribution in [3.05, 3.63) is 23.0 Å². The second-order valence-electron chi connectivity index (χ2n) is 4.96. The zero-order valence-electron chi connectivity index (χ0n) is 10.3. The molecule has 0 bridgehead atoms. The summed E-state index contributed by atoms with van der Waals surface area (Å²) in [6.07, 6.45) is 7.78. The van der Waals surface area contributed by atoms with Gasteiger partial charge < -0.3 is 5.32 Å². The van der Waals surface area contributed by atoms with E-state index in [1.54, 1.807) is 11.3 Å². The number of aryl methyl sites for hydroxylation is 1. The second-order valence-corrected chi connectivity index (χ2v) is 5.83. The lowest BCUT2D eigenvalue weighted by Crippen LogP contribution is -2.16. The molecule has 0 amide bonds. The Morgan fingerprint density at radius 1 is 1.53 bits per heavy atom. The fourth-order valence-corrected chi connectivity index (χ4v) is 3.06. The van der Waals surface area contributed by atoms with Gasteiger partial charge in [0.25, 0.3) is 0 Å². The topological polar surface area (TPSA) is 29.3 Å². The summed E-state index contributed by atoms with van der Waals surface area (Å²) < 4.78 is 2.20. The smallest absolute Gasteiger partial charge is 0.194 e. The zero-order valence-corrected chi connectivity index (χ0v) is 11.1. The molecule has 1 aliphatic rings. The molecular weight excluding hydrogens is 230 g/mol. The summed E-state index contributed by atoms with van der Waals surface area (Å²) in [5.74, 6) is 1.05. The normalized spacial score (nSPS) is 15.8. The molecule has 17 heavy (non-hydrogen) atoms. The number of fused-ring (bicyclic) bond motifs is 1. The Bertz CT molecular complexity index is 496. The van der Waals surface area contributed by atoms with Crippen LogP contribution in [0.25, 0.3) is 4.96 Å². The average molecular weight is 249 g/mol. The first kappa shape index (κ1) is 11.2. The van der Waals surface area contributed by atoms with E-state index in [2.05, 4.69) is 33.2 Å². The number of rotatable bonds is 6. The maximum absolute atomic E-state index is 4.55. The van der Waals surface area contributed by atoms with Crippen LogP contribution < -0.4 is 5.32 Å². The van der Waals surface area contributed by atoms with Gasteiger partial charge in [-0.1, -0.05) is 12.8 Å². The predicted octanol–water partition coefficient (Wildman–Crippen LogP) is 2.98. The van der Waals surface area contributed by atoms with Gasteiger partial charge in [-0.05, 0) is 32.2 Å². The molecule has 0 unspecified atom stereocenters. The van der Waals surface area contributed by atoms with Gasteiger partial charge in [0.2, 0.25) is 0 Å². The van der Waals surface area contributed by atoms with Gasteiger partial charge in [0.05, 0.1) is 11.4 Å². The first-order valence-electron chi connectivity index (χ1n) is 6.46. The monoisotopic (exact) mass is 249 g/mol. The lowest BCUT2D eigenvalue weighted by Gasteiger charge is -2.04. The van der Waals surface area contributed by atoms with Gasteiger partial charge in [0.1, 0.15) is 0 Å². The number of aromatic nitrogens is 2. The molecule has 2 aromatic heterocycles. The van der Waals surface area contributed by atoms with E-state index in [1.807, 2.05) is 0 Å². The van der Waals surface area contributed by atoms with Crippen LogP contribution in [-0.4, -0.2) is 15.9 Å². The predicted molar refractivity (Wildman–Crippen MR) is 71.5 cm³/mol. The molecule has 2 aromatic rings. The van der Waals surface area contributed by atoms with Crippen molar-refractivity contribution in [3.8, 4) is 0 Å². The highest BCUT2D eigenvalue weighted by molar-refractivity contribution is 7.15. The standard InChI is InChI=1S/C13H19N3S/c1-10-12(16-7-8-17-13(16)15-10)9-14-6-2-3-11-4-5-11/h7-8,11,14H,2-6,9H2,1H3. The SMILES string of the molecule is Cc1nc2sccn2c1CNCCCC1CC1. The summed E-state index contributed by atoms with van der Waals surface area (Å²) >= 11 is 1.70. The molecule has 3 nitrogen and oxygen atoms in total. The summed E-state index contributed by atoms with van der Waals surface area (Å²) in [5, 5.41) is 5.63. The molecule has 1 saturated carbocycles. The first-order chi connectivity index (χ1) is 8.34. The summed E-state index contributed by atoms with van der Waals surface area (Å²) in [5.41, 5.74) is 2.47. The van der Waals surface area contributed by atoms with Gasteiger partial charge in [-0.3, -0.25) is 4.40 Å². The summed E-state index contributed by atoms with van der Waals surface area (Å²) in [6, 6.07) is 0. The van der Waals surface area contributed by atoms with Gasteiger partial charge in [-0.15, -0.1) is 11.3 Å². The van der Waals surface area contributed by atoms with Gasteiger partial charge >= 0.3 is 0 Å². The molecule has 0 radical (unpaired) electrons. The fourth-order valence-electron chi connectivity index (χ4n) is 2.28. The van der Waals surface area contributed by atoms with Crippen molar-refractivity contribution in [2.24, 2.45) is 5.92 Å².